The summed E-state index contributed by atoms with van der Waals surface area (Å²) in [6, 6.07) is 7.43. The summed E-state index contributed by atoms with van der Waals surface area (Å²) in [4.78, 5) is 25.6. The molecule has 3 rings (SSSR count). The van der Waals surface area contributed by atoms with Crippen LogP contribution in [0.5, 0.6) is 0 Å². The van der Waals surface area contributed by atoms with Crippen LogP contribution >= 0.6 is 0 Å². The maximum absolute atomic E-state index is 12.9. The predicted octanol–water partition coefficient (Wildman–Crippen LogP) is 3.22. The van der Waals surface area contributed by atoms with Crippen molar-refractivity contribution in [1.82, 2.24) is 4.90 Å². The van der Waals surface area contributed by atoms with Gasteiger partial charge in [0, 0.05) is 23.8 Å². The van der Waals surface area contributed by atoms with Crippen LogP contribution in [0.1, 0.15) is 50.4 Å². The van der Waals surface area contributed by atoms with E-state index in [4.69, 9.17) is 5.11 Å². The minimum atomic E-state index is -0.907. The third kappa shape index (κ3) is 3.40. The lowest BCUT2D eigenvalue weighted by Crippen LogP contribution is -2.37. The van der Waals surface area contributed by atoms with E-state index in [0.717, 1.165) is 19.4 Å². The monoisotopic (exact) mass is 330 g/mol. The summed E-state index contributed by atoms with van der Waals surface area (Å²) in [6.45, 7) is 7.60. The number of rotatable bonds is 4. The summed E-state index contributed by atoms with van der Waals surface area (Å²) in [5, 5.41) is 11.5. The van der Waals surface area contributed by atoms with Gasteiger partial charge in [-0.2, -0.15) is 0 Å². The number of carbonyl (C=O) groups excluding carboxylic acids is 1. The highest BCUT2D eigenvalue weighted by Crippen LogP contribution is 2.52. The van der Waals surface area contributed by atoms with Gasteiger partial charge in [0.25, 0.3) is 5.91 Å². The van der Waals surface area contributed by atoms with Gasteiger partial charge in [-0.05, 0) is 54.4 Å². The number of carboxylic acids is 1. The molecule has 1 heterocycles. The molecule has 1 aliphatic heterocycles. The first kappa shape index (κ1) is 16.8. The van der Waals surface area contributed by atoms with E-state index in [9.17, 15) is 9.59 Å². The first-order valence-corrected chi connectivity index (χ1v) is 8.54. The predicted molar refractivity (Wildman–Crippen MR) is 93.1 cm³/mol. The summed E-state index contributed by atoms with van der Waals surface area (Å²) in [6.07, 6.45) is 3.32. The van der Waals surface area contributed by atoms with Gasteiger partial charge < -0.3 is 15.3 Å². The Balaban J connectivity index is 1.72. The Morgan fingerprint density at radius 3 is 2.50 bits per heavy atom. The van der Waals surface area contributed by atoms with Gasteiger partial charge in [-0.3, -0.25) is 9.59 Å². The number of carboxylic acid groups (broad SMARTS) is 1. The fraction of sp³-hybridized carbons (Fsp3) is 0.579. The molecule has 2 N–H and O–H groups in total. The molecule has 5 heteroatoms. The highest BCUT2D eigenvalue weighted by molar-refractivity contribution is 5.95. The van der Waals surface area contributed by atoms with Crippen LogP contribution < -0.4 is 5.32 Å². The summed E-state index contributed by atoms with van der Waals surface area (Å²) in [5.41, 5.74) is 1.90. The summed E-state index contributed by atoms with van der Waals surface area (Å²) in [7, 11) is 0. The zero-order valence-corrected chi connectivity index (χ0v) is 14.6. The second-order valence-corrected chi connectivity index (χ2v) is 8.47. The van der Waals surface area contributed by atoms with Crippen molar-refractivity contribution in [3.05, 3.63) is 29.8 Å². The third-order valence-corrected chi connectivity index (χ3v) is 5.25. The van der Waals surface area contributed by atoms with Gasteiger partial charge in [0.2, 0.25) is 0 Å². The van der Waals surface area contributed by atoms with Crippen molar-refractivity contribution in [3.63, 3.8) is 0 Å². The van der Waals surface area contributed by atoms with Crippen molar-refractivity contribution < 1.29 is 14.7 Å². The maximum atomic E-state index is 12.9. The number of aliphatic carboxylic acids is 1. The zero-order valence-electron chi connectivity index (χ0n) is 14.6. The highest BCUT2D eigenvalue weighted by atomic mass is 16.4. The molecule has 24 heavy (non-hydrogen) atoms. The smallest absolute Gasteiger partial charge is 0.322 e. The summed E-state index contributed by atoms with van der Waals surface area (Å²) in [5.74, 6) is -0.818. The molecule has 1 aliphatic carbocycles. The van der Waals surface area contributed by atoms with Crippen LogP contribution in [0.15, 0.2) is 24.3 Å². The minimum absolute atomic E-state index is 0.0891. The highest BCUT2D eigenvalue weighted by Gasteiger charge is 2.50. The van der Waals surface area contributed by atoms with Crippen LogP contribution in [-0.4, -0.2) is 41.0 Å². The molecule has 0 aromatic heterocycles. The Kier molecular flexibility index (Phi) is 4.06. The van der Waals surface area contributed by atoms with E-state index in [-0.39, 0.29) is 23.3 Å². The summed E-state index contributed by atoms with van der Waals surface area (Å²) >= 11 is 0. The molecule has 2 bridgehead atoms. The fourth-order valence-electron chi connectivity index (χ4n) is 4.77. The van der Waals surface area contributed by atoms with E-state index in [0.29, 0.717) is 17.3 Å². The van der Waals surface area contributed by atoms with E-state index in [1.54, 1.807) is 24.3 Å². The second-order valence-electron chi connectivity index (χ2n) is 8.47. The number of anilines is 1. The SMILES string of the molecule is CC1(C)CC2CC(C)(CN2C(=O)c2ccc(NCC(=O)O)cc2)C1. The van der Waals surface area contributed by atoms with Gasteiger partial charge in [-0.1, -0.05) is 20.8 Å². The molecule has 2 unspecified atom stereocenters. The quantitative estimate of drug-likeness (QED) is 0.889. The Labute approximate surface area is 143 Å². The van der Waals surface area contributed by atoms with Gasteiger partial charge in [0.05, 0.1) is 0 Å². The Bertz CT molecular complexity index is 653. The van der Waals surface area contributed by atoms with Crippen molar-refractivity contribution in [3.8, 4) is 0 Å². The molecule has 5 nitrogen and oxygen atoms in total. The molecular weight excluding hydrogens is 304 g/mol. The van der Waals surface area contributed by atoms with Crippen LogP contribution in [-0.2, 0) is 4.79 Å². The number of likely N-dealkylation sites (tertiary alicyclic amines) is 1. The maximum Gasteiger partial charge on any atom is 0.322 e. The van der Waals surface area contributed by atoms with Gasteiger partial charge in [0.15, 0.2) is 0 Å². The molecule has 1 amide bonds. The number of hydrogen-bond donors (Lipinski definition) is 2. The number of benzene rings is 1. The average molecular weight is 330 g/mol. The lowest BCUT2D eigenvalue weighted by Gasteiger charge is -2.39. The van der Waals surface area contributed by atoms with Crippen LogP contribution in [0.25, 0.3) is 0 Å². The van der Waals surface area contributed by atoms with Crippen molar-refractivity contribution in [2.24, 2.45) is 10.8 Å². The molecule has 1 aromatic carbocycles. The van der Waals surface area contributed by atoms with Crippen LogP contribution in [0.4, 0.5) is 5.69 Å². The molecule has 1 aromatic rings. The number of nitrogens with zero attached hydrogens (tertiary/aromatic N) is 1. The van der Waals surface area contributed by atoms with Gasteiger partial charge in [0.1, 0.15) is 6.54 Å². The molecule has 1 saturated carbocycles. The lowest BCUT2D eigenvalue weighted by atomic mass is 9.65. The minimum Gasteiger partial charge on any atom is -0.480 e. The van der Waals surface area contributed by atoms with Gasteiger partial charge in [-0.15, -0.1) is 0 Å². The van der Waals surface area contributed by atoms with Gasteiger partial charge in [-0.25, -0.2) is 0 Å². The zero-order chi connectivity index (χ0) is 17.5. The van der Waals surface area contributed by atoms with Crippen molar-refractivity contribution in [2.75, 3.05) is 18.4 Å². The molecular formula is C19H26N2O3. The molecule has 0 radical (unpaired) electrons. The summed E-state index contributed by atoms with van der Waals surface area (Å²) < 4.78 is 0. The standard InChI is InChI=1S/C19H26N2O3/c1-18(2)8-15-9-19(3,11-18)12-21(15)17(24)13-4-6-14(7-5-13)20-10-16(22)23/h4-7,15,20H,8-12H2,1-3H3,(H,22,23). The van der Waals surface area contributed by atoms with E-state index in [1.807, 2.05) is 0 Å². The van der Waals surface area contributed by atoms with E-state index >= 15 is 0 Å². The Hall–Kier alpha value is -2.04. The largest absolute Gasteiger partial charge is 0.480 e. The molecule has 2 fully saturated rings. The molecule has 1 saturated heterocycles. The van der Waals surface area contributed by atoms with Gasteiger partial charge >= 0.3 is 5.97 Å². The first-order chi connectivity index (χ1) is 11.2. The number of hydrogen-bond acceptors (Lipinski definition) is 3. The molecule has 130 valence electrons. The van der Waals surface area contributed by atoms with Crippen molar-refractivity contribution in [2.45, 2.75) is 46.1 Å². The van der Waals surface area contributed by atoms with Crippen LogP contribution in [0.2, 0.25) is 0 Å². The van der Waals surface area contributed by atoms with Crippen LogP contribution in [0, 0.1) is 10.8 Å². The van der Waals surface area contributed by atoms with E-state index < -0.39 is 5.97 Å². The number of carbonyl (C=O) groups is 2. The topological polar surface area (TPSA) is 69.6 Å². The first-order valence-electron chi connectivity index (χ1n) is 8.54. The Morgan fingerprint density at radius 1 is 1.21 bits per heavy atom. The number of amides is 1. The Morgan fingerprint density at radius 2 is 1.88 bits per heavy atom. The number of nitrogens with one attached hydrogen (secondary N) is 1. The third-order valence-electron chi connectivity index (χ3n) is 5.25. The molecule has 2 aliphatic rings. The number of fused-ring (bicyclic) bond motifs is 2. The second kappa shape index (κ2) is 5.80. The fourth-order valence-corrected chi connectivity index (χ4v) is 4.77. The average Bonchev–Trinajstić information content (AvgIpc) is 2.74. The van der Waals surface area contributed by atoms with Crippen LogP contribution in [0.3, 0.4) is 0 Å². The van der Waals surface area contributed by atoms with E-state index in [2.05, 4.69) is 31.0 Å². The normalized spacial score (nSPS) is 27.8. The van der Waals surface area contributed by atoms with Crippen molar-refractivity contribution in [1.29, 1.82) is 0 Å². The lowest BCUT2D eigenvalue weighted by molar-refractivity contribution is -0.134. The van der Waals surface area contributed by atoms with E-state index in [1.165, 1.54) is 6.42 Å². The molecule has 0 spiro atoms. The van der Waals surface area contributed by atoms with Crippen molar-refractivity contribution >= 4 is 17.6 Å². The molecule has 2 atom stereocenters.